The van der Waals surface area contributed by atoms with Gasteiger partial charge in [-0.2, -0.15) is 0 Å². The Hall–Kier alpha value is -2.11. The zero-order valence-electron chi connectivity index (χ0n) is 12.4. The number of anilines is 1. The van der Waals surface area contributed by atoms with Gasteiger partial charge in [-0.1, -0.05) is 13.8 Å². The third kappa shape index (κ3) is 3.93. The highest BCUT2D eigenvalue weighted by Crippen LogP contribution is 2.32. The van der Waals surface area contributed by atoms with E-state index in [1.54, 1.807) is 13.8 Å². The third-order valence-corrected chi connectivity index (χ3v) is 3.75. The van der Waals surface area contributed by atoms with Crippen molar-refractivity contribution in [1.29, 1.82) is 0 Å². The lowest BCUT2D eigenvalue weighted by atomic mass is 9.79. The van der Waals surface area contributed by atoms with E-state index in [-0.39, 0.29) is 12.1 Å². The summed E-state index contributed by atoms with van der Waals surface area (Å²) in [5, 5.41) is 11.7. The standard InChI is InChI=1S/C15H20FNO4/c1-4-15(5-2,14(19)20)9-13(18)17-12-8-10(21-3)6-7-11(12)16/h6-8H,4-5,9H2,1-3H3,(H,17,18)(H,19,20). The first kappa shape index (κ1) is 16.9. The smallest absolute Gasteiger partial charge is 0.310 e. The van der Waals surface area contributed by atoms with Gasteiger partial charge in [0.1, 0.15) is 11.6 Å². The maximum atomic E-state index is 13.6. The first-order valence-corrected chi connectivity index (χ1v) is 6.75. The lowest BCUT2D eigenvalue weighted by molar-refractivity contribution is -0.151. The summed E-state index contributed by atoms with van der Waals surface area (Å²) in [6.45, 7) is 3.44. The molecule has 0 aliphatic carbocycles. The molecule has 5 nitrogen and oxygen atoms in total. The summed E-state index contributed by atoms with van der Waals surface area (Å²) in [6, 6.07) is 3.97. The summed E-state index contributed by atoms with van der Waals surface area (Å²) in [4.78, 5) is 23.4. The van der Waals surface area contributed by atoms with E-state index in [2.05, 4.69) is 5.32 Å². The van der Waals surface area contributed by atoms with Gasteiger partial charge in [0.25, 0.3) is 0 Å². The number of benzene rings is 1. The number of rotatable bonds is 7. The molecule has 6 heteroatoms. The molecular formula is C15H20FNO4. The van der Waals surface area contributed by atoms with Crippen LogP contribution in [0.1, 0.15) is 33.1 Å². The third-order valence-electron chi connectivity index (χ3n) is 3.75. The normalized spacial score (nSPS) is 11.0. The van der Waals surface area contributed by atoms with Gasteiger partial charge in [-0.15, -0.1) is 0 Å². The summed E-state index contributed by atoms with van der Waals surface area (Å²) in [6.07, 6.45) is 0.450. The molecule has 0 saturated heterocycles. The van der Waals surface area contributed by atoms with Crippen molar-refractivity contribution in [1.82, 2.24) is 0 Å². The van der Waals surface area contributed by atoms with Crippen molar-refractivity contribution in [2.24, 2.45) is 5.41 Å². The van der Waals surface area contributed by atoms with Crippen LogP contribution in [-0.2, 0) is 9.59 Å². The van der Waals surface area contributed by atoms with Crippen LogP contribution in [0.2, 0.25) is 0 Å². The molecule has 0 aliphatic rings. The Bertz CT molecular complexity index is 526. The van der Waals surface area contributed by atoms with Gasteiger partial charge < -0.3 is 15.2 Å². The predicted octanol–water partition coefficient (Wildman–Crippen LogP) is 3.05. The summed E-state index contributed by atoms with van der Waals surface area (Å²) < 4.78 is 18.6. The predicted molar refractivity (Wildman–Crippen MR) is 76.8 cm³/mol. The summed E-state index contributed by atoms with van der Waals surface area (Å²) >= 11 is 0. The number of carbonyl (C=O) groups excluding carboxylic acids is 1. The second-order valence-corrected chi connectivity index (χ2v) is 4.86. The van der Waals surface area contributed by atoms with E-state index in [9.17, 15) is 19.1 Å². The molecule has 0 saturated carbocycles. The fourth-order valence-corrected chi connectivity index (χ4v) is 2.11. The van der Waals surface area contributed by atoms with Crippen LogP contribution in [0.5, 0.6) is 5.75 Å². The number of hydrogen-bond donors (Lipinski definition) is 2. The largest absolute Gasteiger partial charge is 0.497 e. The van der Waals surface area contributed by atoms with E-state index in [1.807, 2.05) is 0 Å². The van der Waals surface area contributed by atoms with Crippen LogP contribution >= 0.6 is 0 Å². The quantitative estimate of drug-likeness (QED) is 0.811. The van der Waals surface area contributed by atoms with E-state index < -0.39 is 23.1 Å². The van der Waals surface area contributed by atoms with Gasteiger partial charge in [-0.25, -0.2) is 4.39 Å². The molecule has 0 aliphatic heterocycles. The maximum Gasteiger partial charge on any atom is 0.310 e. The molecular weight excluding hydrogens is 277 g/mol. The van der Waals surface area contributed by atoms with Gasteiger partial charge in [-0.05, 0) is 25.0 Å². The topological polar surface area (TPSA) is 75.6 Å². The molecule has 0 fully saturated rings. The SMILES string of the molecule is CCC(CC)(CC(=O)Nc1cc(OC)ccc1F)C(=O)O. The molecule has 116 valence electrons. The average molecular weight is 297 g/mol. The van der Waals surface area contributed by atoms with Crippen molar-refractivity contribution in [3.8, 4) is 5.75 Å². The van der Waals surface area contributed by atoms with Crippen molar-refractivity contribution in [3.63, 3.8) is 0 Å². The summed E-state index contributed by atoms with van der Waals surface area (Å²) in [7, 11) is 1.43. The molecule has 1 aromatic carbocycles. The Labute approximate surface area is 123 Å². The minimum atomic E-state index is -1.13. The lowest BCUT2D eigenvalue weighted by Gasteiger charge is -2.25. The van der Waals surface area contributed by atoms with E-state index in [1.165, 1.54) is 25.3 Å². The molecule has 0 spiro atoms. The molecule has 1 amide bonds. The van der Waals surface area contributed by atoms with Crippen LogP contribution in [-0.4, -0.2) is 24.1 Å². The lowest BCUT2D eigenvalue weighted by Crippen LogP contribution is -2.34. The van der Waals surface area contributed by atoms with Crippen molar-refractivity contribution in [2.75, 3.05) is 12.4 Å². The average Bonchev–Trinajstić information content (AvgIpc) is 2.46. The van der Waals surface area contributed by atoms with Gasteiger partial charge in [0.2, 0.25) is 5.91 Å². The molecule has 0 aromatic heterocycles. The number of halogens is 1. The molecule has 2 N–H and O–H groups in total. The monoisotopic (exact) mass is 297 g/mol. The molecule has 1 rings (SSSR count). The molecule has 0 radical (unpaired) electrons. The van der Waals surface area contributed by atoms with E-state index in [0.717, 1.165) is 0 Å². The van der Waals surface area contributed by atoms with Crippen LogP contribution < -0.4 is 10.1 Å². The molecule has 0 unspecified atom stereocenters. The highest BCUT2D eigenvalue weighted by molar-refractivity contribution is 5.94. The van der Waals surface area contributed by atoms with Crippen molar-refractivity contribution in [3.05, 3.63) is 24.0 Å². The number of carboxylic acid groups (broad SMARTS) is 1. The van der Waals surface area contributed by atoms with Gasteiger partial charge in [-0.3, -0.25) is 9.59 Å². The molecule has 21 heavy (non-hydrogen) atoms. The highest BCUT2D eigenvalue weighted by atomic mass is 19.1. The number of aliphatic carboxylic acids is 1. The minimum Gasteiger partial charge on any atom is -0.497 e. The Morgan fingerprint density at radius 3 is 2.43 bits per heavy atom. The molecule has 0 atom stereocenters. The van der Waals surface area contributed by atoms with Crippen LogP contribution in [0.3, 0.4) is 0 Å². The van der Waals surface area contributed by atoms with E-state index >= 15 is 0 Å². The Kier molecular flexibility index (Phi) is 5.69. The fourth-order valence-electron chi connectivity index (χ4n) is 2.11. The Balaban J connectivity index is 2.89. The van der Waals surface area contributed by atoms with Crippen LogP contribution in [0, 0.1) is 11.2 Å². The van der Waals surface area contributed by atoms with E-state index in [4.69, 9.17) is 4.74 Å². The van der Waals surface area contributed by atoms with Gasteiger partial charge in [0, 0.05) is 12.5 Å². The second kappa shape index (κ2) is 7.06. The highest BCUT2D eigenvalue weighted by Gasteiger charge is 2.37. The van der Waals surface area contributed by atoms with Crippen LogP contribution in [0.15, 0.2) is 18.2 Å². The van der Waals surface area contributed by atoms with Gasteiger partial charge in [0.15, 0.2) is 0 Å². The minimum absolute atomic E-state index is 0.0224. The number of hydrogen-bond acceptors (Lipinski definition) is 3. The molecule has 0 heterocycles. The Morgan fingerprint density at radius 1 is 1.33 bits per heavy atom. The van der Waals surface area contributed by atoms with E-state index in [0.29, 0.717) is 18.6 Å². The number of methoxy groups -OCH3 is 1. The number of ether oxygens (including phenoxy) is 1. The molecule has 1 aromatic rings. The zero-order valence-corrected chi connectivity index (χ0v) is 12.4. The maximum absolute atomic E-state index is 13.6. The first-order chi connectivity index (χ1) is 9.88. The number of amides is 1. The first-order valence-electron chi connectivity index (χ1n) is 6.75. The van der Waals surface area contributed by atoms with Crippen molar-refractivity contribution < 1.29 is 23.8 Å². The van der Waals surface area contributed by atoms with Gasteiger partial charge >= 0.3 is 5.97 Å². The summed E-state index contributed by atoms with van der Waals surface area (Å²) in [5.41, 5.74) is -1.15. The summed E-state index contributed by atoms with van der Waals surface area (Å²) in [5.74, 6) is -1.75. The fraction of sp³-hybridized carbons (Fsp3) is 0.467. The number of nitrogens with one attached hydrogen (secondary N) is 1. The second-order valence-electron chi connectivity index (χ2n) is 4.86. The van der Waals surface area contributed by atoms with Crippen LogP contribution in [0.4, 0.5) is 10.1 Å². The van der Waals surface area contributed by atoms with Gasteiger partial charge in [0.05, 0.1) is 18.2 Å². The molecule has 0 bridgehead atoms. The zero-order chi connectivity index (χ0) is 16.0. The number of carboxylic acids is 1. The van der Waals surface area contributed by atoms with Crippen LogP contribution in [0.25, 0.3) is 0 Å². The Morgan fingerprint density at radius 2 is 1.95 bits per heavy atom. The van der Waals surface area contributed by atoms with Crippen molar-refractivity contribution >= 4 is 17.6 Å². The number of carbonyl (C=O) groups is 2. The van der Waals surface area contributed by atoms with Crippen molar-refractivity contribution in [2.45, 2.75) is 33.1 Å².